The summed E-state index contributed by atoms with van der Waals surface area (Å²) in [6.07, 6.45) is 5.63. The van der Waals surface area contributed by atoms with Crippen LogP contribution in [0.3, 0.4) is 0 Å². The van der Waals surface area contributed by atoms with Gasteiger partial charge in [-0.3, -0.25) is 4.79 Å². The number of fused-ring (bicyclic) bond motifs is 1. The van der Waals surface area contributed by atoms with Crippen LogP contribution in [-0.2, 0) is 16.1 Å². The van der Waals surface area contributed by atoms with E-state index in [1.165, 1.54) is 6.33 Å². The Morgan fingerprint density at radius 3 is 2.61 bits per heavy atom. The molecule has 0 spiro atoms. The highest BCUT2D eigenvalue weighted by Crippen LogP contribution is 2.27. The van der Waals surface area contributed by atoms with Crippen LogP contribution < -0.4 is 5.32 Å². The summed E-state index contributed by atoms with van der Waals surface area (Å²) in [6.45, 7) is 13.7. The molecule has 0 bridgehead atoms. The monoisotopic (exact) mass is 452 g/mol. The highest BCUT2D eigenvalue weighted by atomic mass is 16.5. The number of hydrogen-bond donors (Lipinski definition) is 1. The van der Waals surface area contributed by atoms with Gasteiger partial charge < -0.3 is 19.5 Å². The third-order valence-electron chi connectivity index (χ3n) is 5.79. The number of amides is 1. The fourth-order valence-corrected chi connectivity index (χ4v) is 4.42. The maximum Gasteiger partial charge on any atom is 0.245 e. The Kier molecular flexibility index (Phi) is 6.29. The van der Waals surface area contributed by atoms with Gasteiger partial charge >= 0.3 is 0 Å². The van der Waals surface area contributed by atoms with E-state index in [1.54, 1.807) is 12.4 Å². The van der Waals surface area contributed by atoms with Crippen LogP contribution in [0.2, 0.25) is 0 Å². The molecule has 0 unspecified atom stereocenters. The molecule has 4 rings (SSSR count). The van der Waals surface area contributed by atoms with E-state index in [-0.39, 0.29) is 17.6 Å². The molecular formula is C23H32N8O2. The second kappa shape index (κ2) is 9.01. The van der Waals surface area contributed by atoms with Gasteiger partial charge in [0.05, 0.1) is 17.3 Å². The summed E-state index contributed by atoms with van der Waals surface area (Å²) < 4.78 is 7.97. The molecule has 1 fully saturated rings. The molecule has 0 aromatic carbocycles. The number of aryl methyl sites for hydroxylation is 2. The van der Waals surface area contributed by atoms with Crippen LogP contribution in [0.4, 0.5) is 5.82 Å². The fraction of sp³-hybridized carbons (Fsp3) is 0.565. The number of aromatic nitrogens is 6. The molecule has 2 atom stereocenters. The lowest BCUT2D eigenvalue weighted by Gasteiger charge is -2.42. The lowest BCUT2D eigenvalue weighted by molar-refractivity contribution is -0.158. The van der Waals surface area contributed by atoms with Gasteiger partial charge in [-0.05, 0) is 41.0 Å². The second-order valence-corrected chi connectivity index (χ2v) is 9.11. The number of hydrogen-bond acceptors (Lipinski definition) is 8. The van der Waals surface area contributed by atoms with Crippen LogP contribution in [0.1, 0.15) is 46.9 Å². The van der Waals surface area contributed by atoms with Gasteiger partial charge in [0.1, 0.15) is 24.0 Å². The van der Waals surface area contributed by atoms with E-state index in [4.69, 9.17) is 9.72 Å². The normalized spacial score (nSPS) is 19.0. The quantitative estimate of drug-likeness (QED) is 0.608. The van der Waals surface area contributed by atoms with Crippen molar-refractivity contribution in [2.75, 3.05) is 18.4 Å². The molecule has 0 aliphatic carbocycles. The number of anilines is 1. The van der Waals surface area contributed by atoms with E-state index in [9.17, 15) is 4.79 Å². The standard InChI is InChI=1S/C23H32N8O2/c1-7-17(22(32)30-11-14(3)33-23(5,6)12-30)28-19-18-21(27-13-26-19)31(8-2)20(29-18)16-9-24-15(4)25-10-16/h9-10,13-14,17H,7-8,11-12H2,1-6H3,(H,26,27,28)/t14-,17-/m0/s1. The molecular weight excluding hydrogens is 420 g/mol. The zero-order valence-corrected chi connectivity index (χ0v) is 20.2. The van der Waals surface area contributed by atoms with Crippen molar-refractivity contribution in [2.45, 2.75) is 72.3 Å². The molecule has 10 nitrogen and oxygen atoms in total. The molecule has 1 amide bonds. The second-order valence-electron chi connectivity index (χ2n) is 9.11. The summed E-state index contributed by atoms with van der Waals surface area (Å²) >= 11 is 0. The van der Waals surface area contributed by atoms with Gasteiger partial charge in [-0.1, -0.05) is 6.92 Å². The van der Waals surface area contributed by atoms with E-state index in [2.05, 4.69) is 25.3 Å². The first kappa shape index (κ1) is 23.0. The van der Waals surface area contributed by atoms with Gasteiger partial charge in [0.15, 0.2) is 17.0 Å². The topological polar surface area (TPSA) is 111 Å². The molecule has 10 heteroatoms. The van der Waals surface area contributed by atoms with Crippen molar-refractivity contribution in [1.29, 1.82) is 0 Å². The summed E-state index contributed by atoms with van der Waals surface area (Å²) in [7, 11) is 0. The van der Waals surface area contributed by atoms with Crippen LogP contribution >= 0.6 is 0 Å². The minimum atomic E-state index is -0.429. The van der Waals surface area contributed by atoms with Crippen molar-refractivity contribution in [2.24, 2.45) is 0 Å². The first-order valence-electron chi connectivity index (χ1n) is 11.5. The zero-order chi connectivity index (χ0) is 23.8. The van der Waals surface area contributed by atoms with Crippen molar-refractivity contribution in [3.8, 4) is 11.4 Å². The third kappa shape index (κ3) is 4.66. The predicted molar refractivity (Wildman–Crippen MR) is 126 cm³/mol. The van der Waals surface area contributed by atoms with Crippen LogP contribution in [0, 0.1) is 6.92 Å². The minimum absolute atomic E-state index is 0.0134. The Hall–Kier alpha value is -3.14. The van der Waals surface area contributed by atoms with Gasteiger partial charge in [0.25, 0.3) is 0 Å². The molecule has 3 aromatic rings. The summed E-state index contributed by atoms with van der Waals surface area (Å²) in [6, 6.07) is -0.429. The summed E-state index contributed by atoms with van der Waals surface area (Å²) in [5.74, 6) is 2.00. The molecule has 33 heavy (non-hydrogen) atoms. The van der Waals surface area contributed by atoms with E-state index >= 15 is 0 Å². The highest BCUT2D eigenvalue weighted by Gasteiger charge is 2.36. The smallest absolute Gasteiger partial charge is 0.245 e. The van der Waals surface area contributed by atoms with Gasteiger partial charge in [-0.25, -0.2) is 24.9 Å². The Bertz CT molecular complexity index is 1140. The molecule has 0 saturated carbocycles. The Morgan fingerprint density at radius 2 is 1.97 bits per heavy atom. The Morgan fingerprint density at radius 1 is 1.24 bits per heavy atom. The molecule has 1 aliphatic rings. The van der Waals surface area contributed by atoms with Crippen LogP contribution in [-0.4, -0.2) is 71.1 Å². The van der Waals surface area contributed by atoms with Crippen molar-refractivity contribution in [1.82, 2.24) is 34.4 Å². The third-order valence-corrected chi connectivity index (χ3v) is 5.79. The van der Waals surface area contributed by atoms with E-state index in [1.807, 2.05) is 51.0 Å². The molecule has 3 aromatic heterocycles. The maximum atomic E-state index is 13.4. The number of imidazole rings is 1. The SMILES string of the molecule is CC[C@H](Nc1ncnc2c1nc(-c1cnc(C)nc1)n2CC)C(=O)N1C[C@H](C)OC(C)(C)C1. The number of rotatable bonds is 6. The van der Waals surface area contributed by atoms with Crippen LogP contribution in [0.25, 0.3) is 22.6 Å². The number of morpholine rings is 1. The lowest BCUT2D eigenvalue weighted by Crippen LogP contribution is -2.56. The Labute approximate surface area is 193 Å². The van der Waals surface area contributed by atoms with Gasteiger partial charge in [0, 0.05) is 32.0 Å². The zero-order valence-electron chi connectivity index (χ0n) is 20.2. The number of nitrogens with zero attached hydrogens (tertiary/aromatic N) is 7. The van der Waals surface area contributed by atoms with Gasteiger partial charge in [0.2, 0.25) is 5.91 Å². The van der Waals surface area contributed by atoms with E-state index < -0.39 is 6.04 Å². The van der Waals surface area contributed by atoms with Gasteiger partial charge in [-0.15, -0.1) is 0 Å². The number of nitrogens with one attached hydrogen (secondary N) is 1. The average Bonchev–Trinajstić information content (AvgIpc) is 3.15. The predicted octanol–water partition coefficient (Wildman–Crippen LogP) is 2.83. The molecule has 1 aliphatic heterocycles. The van der Waals surface area contributed by atoms with E-state index in [0.29, 0.717) is 48.9 Å². The van der Waals surface area contributed by atoms with Crippen molar-refractivity contribution < 1.29 is 9.53 Å². The molecule has 176 valence electrons. The van der Waals surface area contributed by atoms with Crippen molar-refractivity contribution in [3.63, 3.8) is 0 Å². The molecule has 1 saturated heterocycles. The molecule has 4 heterocycles. The van der Waals surface area contributed by atoms with E-state index in [0.717, 1.165) is 11.4 Å². The highest BCUT2D eigenvalue weighted by molar-refractivity contribution is 5.90. The first-order chi connectivity index (χ1) is 15.7. The van der Waals surface area contributed by atoms with Crippen LogP contribution in [0.5, 0.6) is 0 Å². The average molecular weight is 453 g/mol. The summed E-state index contributed by atoms with van der Waals surface area (Å²) in [5.41, 5.74) is 1.75. The largest absolute Gasteiger partial charge is 0.369 e. The first-order valence-corrected chi connectivity index (χ1v) is 11.5. The Balaban J connectivity index is 1.66. The summed E-state index contributed by atoms with van der Waals surface area (Å²) in [4.78, 5) is 37.6. The minimum Gasteiger partial charge on any atom is -0.369 e. The van der Waals surface area contributed by atoms with Crippen molar-refractivity contribution in [3.05, 3.63) is 24.5 Å². The van der Waals surface area contributed by atoms with Crippen molar-refractivity contribution >= 4 is 22.9 Å². The number of carbonyl (C=O) groups is 1. The lowest BCUT2D eigenvalue weighted by atomic mass is 10.0. The summed E-state index contributed by atoms with van der Waals surface area (Å²) in [5, 5.41) is 3.35. The number of carbonyl (C=O) groups excluding carboxylic acids is 1. The molecule has 1 N–H and O–H groups in total. The maximum absolute atomic E-state index is 13.4. The van der Waals surface area contributed by atoms with Gasteiger partial charge in [-0.2, -0.15) is 0 Å². The van der Waals surface area contributed by atoms with Crippen LogP contribution in [0.15, 0.2) is 18.7 Å². The molecule has 0 radical (unpaired) electrons. The number of ether oxygens (including phenoxy) is 1. The fourth-order valence-electron chi connectivity index (χ4n) is 4.42.